The third-order valence-corrected chi connectivity index (χ3v) is 2.09. The third kappa shape index (κ3) is 4.87. The van der Waals surface area contributed by atoms with Crippen molar-refractivity contribution in [1.82, 2.24) is 4.90 Å². The smallest absolute Gasteiger partial charge is 0.110 e. The molecule has 13 heavy (non-hydrogen) atoms. The van der Waals surface area contributed by atoms with Crippen LogP contribution in [0.5, 0.6) is 0 Å². The Morgan fingerprint density at radius 1 is 1.31 bits per heavy atom. The van der Waals surface area contributed by atoms with Gasteiger partial charge in [0.05, 0.1) is 19.1 Å². The number of nitriles is 1. The van der Waals surface area contributed by atoms with E-state index in [0.29, 0.717) is 13.0 Å². The van der Waals surface area contributed by atoms with Crippen LogP contribution in [-0.2, 0) is 4.74 Å². The number of hydrogen-bond acceptors (Lipinski definition) is 3. The van der Waals surface area contributed by atoms with Crippen molar-refractivity contribution in [2.75, 3.05) is 19.7 Å². The summed E-state index contributed by atoms with van der Waals surface area (Å²) in [5, 5.41) is 8.36. The molecule has 0 rings (SSSR count). The summed E-state index contributed by atoms with van der Waals surface area (Å²) in [5.41, 5.74) is 0. The van der Waals surface area contributed by atoms with Gasteiger partial charge in [-0.1, -0.05) is 20.8 Å². The number of ether oxygens (including phenoxy) is 1. The minimum absolute atomic E-state index is 0.184. The largest absolute Gasteiger partial charge is 0.362 e. The Labute approximate surface area is 81.3 Å². The monoisotopic (exact) mass is 184 g/mol. The SMILES string of the molecule is CCC(OCCC#N)N(CC)CC. The van der Waals surface area contributed by atoms with Crippen LogP contribution in [-0.4, -0.2) is 30.8 Å². The average Bonchev–Trinajstić information content (AvgIpc) is 2.17. The molecular weight excluding hydrogens is 164 g/mol. The summed E-state index contributed by atoms with van der Waals surface area (Å²) in [6.45, 7) is 8.91. The summed E-state index contributed by atoms with van der Waals surface area (Å²) in [6.07, 6.45) is 1.65. The van der Waals surface area contributed by atoms with Gasteiger partial charge in [0.1, 0.15) is 6.23 Å². The number of nitrogens with zero attached hydrogens (tertiary/aromatic N) is 2. The summed E-state index contributed by atoms with van der Waals surface area (Å²) in [5.74, 6) is 0. The van der Waals surface area contributed by atoms with Gasteiger partial charge in [-0.05, 0) is 19.5 Å². The lowest BCUT2D eigenvalue weighted by molar-refractivity contribution is -0.0550. The van der Waals surface area contributed by atoms with Crippen molar-refractivity contribution in [2.45, 2.75) is 39.8 Å². The van der Waals surface area contributed by atoms with Gasteiger partial charge < -0.3 is 4.74 Å². The number of rotatable bonds is 7. The molecular formula is C10H20N2O. The molecule has 1 atom stereocenters. The molecule has 0 radical (unpaired) electrons. The number of hydrogen-bond donors (Lipinski definition) is 0. The molecule has 0 aliphatic heterocycles. The topological polar surface area (TPSA) is 36.3 Å². The van der Waals surface area contributed by atoms with Crippen LogP contribution in [0.3, 0.4) is 0 Å². The lowest BCUT2D eigenvalue weighted by atomic mass is 10.3. The van der Waals surface area contributed by atoms with E-state index in [9.17, 15) is 0 Å². The first kappa shape index (κ1) is 12.4. The zero-order chi connectivity index (χ0) is 10.1. The van der Waals surface area contributed by atoms with Crippen LogP contribution in [0.1, 0.15) is 33.6 Å². The molecule has 3 heteroatoms. The van der Waals surface area contributed by atoms with E-state index in [0.717, 1.165) is 19.5 Å². The summed E-state index contributed by atoms with van der Waals surface area (Å²) in [4.78, 5) is 2.26. The average molecular weight is 184 g/mol. The molecule has 0 aromatic heterocycles. The lowest BCUT2D eigenvalue weighted by Gasteiger charge is -2.28. The van der Waals surface area contributed by atoms with E-state index in [-0.39, 0.29) is 6.23 Å². The van der Waals surface area contributed by atoms with Crippen molar-refractivity contribution < 1.29 is 4.74 Å². The van der Waals surface area contributed by atoms with E-state index >= 15 is 0 Å². The second kappa shape index (κ2) is 8.03. The molecule has 0 aromatic rings. The summed E-state index contributed by atoms with van der Waals surface area (Å²) in [6, 6.07) is 2.08. The van der Waals surface area contributed by atoms with E-state index in [1.807, 2.05) is 0 Å². The second-order valence-electron chi connectivity index (χ2n) is 2.86. The van der Waals surface area contributed by atoms with E-state index in [1.54, 1.807) is 0 Å². The molecule has 0 aliphatic carbocycles. The Morgan fingerprint density at radius 2 is 1.92 bits per heavy atom. The van der Waals surface area contributed by atoms with Gasteiger partial charge in [-0.3, -0.25) is 4.90 Å². The minimum Gasteiger partial charge on any atom is -0.362 e. The first-order valence-corrected chi connectivity index (χ1v) is 5.02. The van der Waals surface area contributed by atoms with Gasteiger partial charge >= 0.3 is 0 Å². The fourth-order valence-electron chi connectivity index (χ4n) is 1.35. The molecule has 0 aromatic carbocycles. The molecule has 0 bridgehead atoms. The highest BCUT2D eigenvalue weighted by molar-refractivity contribution is 4.68. The van der Waals surface area contributed by atoms with Gasteiger partial charge in [0.25, 0.3) is 0 Å². The zero-order valence-corrected chi connectivity index (χ0v) is 8.92. The van der Waals surface area contributed by atoms with Crippen LogP contribution in [0.25, 0.3) is 0 Å². The highest BCUT2D eigenvalue weighted by atomic mass is 16.5. The fraction of sp³-hybridized carbons (Fsp3) is 0.900. The van der Waals surface area contributed by atoms with E-state index in [1.165, 1.54) is 0 Å². The summed E-state index contributed by atoms with van der Waals surface area (Å²) in [7, 11) is 0. The molecule has 0 amide bonds. The maximum absolute atomic E-state index is 8.36. The van der Waals surface area contributed by atoms with Gasteiger partial charge in [-0.15, -0.1) is 0 Å². The first-order chi connectivity index (χ1) is 6.29. The van der Waals surface area contributed by atoms with Crippen molar-refractivity contribution in [3.05, 3.63) is 0 Å². The molecule has 1 unspecified atom stereocenters. The zero-order valence-electron chi connectivity index (χ0n) is 8.92. The lowest BCUT2D eigenvalue weighted by Crippen LogP contribution is -2.36. The Morgan fingerprint density at radius 3 is 2.31 bits per heavy atom. The third-order valence-electron chi connectivity index (χ3n) is 2.09. The van der Waals surface area contributed by atoms with Gasteiger partial charge in [0, 0.05) is 0 Å². The summed E-state index contributed by atoms with van der Waals surface area (Å²) >= 11 is 0. The Bertz CT molecular complexity index is 149. The minimum atomic E-state index is 0.184. The van der Waals surface area contributed by atoms with Crippen LogP contribution in [0.4, 0.5) is 0 Å². The molecule has 76 valence electrons. The Kier molecular flexibility index (Phi) is 7.66. The Hall–Kier alpha value is -0.590. The molecule has 3 nitrogen and oxygen atoms in total. The van der Waals surface area contributed by atoms with Gasteiger partial charge in [0.2, 0.25) is 0 Å². The highest BCUT2D eigenvalue weighted by Crippen LogP contribution is 2.05. The van der Waals surface area contributed by atoms with E-state index in [2.05, 4.69) is 31.7 Å². The van der Waals surface area contributed by atoms with Crippen LogP contribution in [0.15, 0.2) is 0 Å². The Balaban J connectivity index is 3.79. The molecule has 0 saturated carbocycles. The van der Waals surface area contributed by atoms with E-state index < -0.39 is 0 Å². The van der Waals surface area contributed by atoms with Gasteiger partial charge in [-0.25, -0.2) is 0 Å². The van der Waals surface area contributed by atoms with Crippen molar-refractivity contribution >= 4 is 0 Å². The maximum atomic E-state index is 8.36. The maximum Gasteiger partial charge on any atom is 0.110 e. The predicted molar refractivity (Wildman–Crippen MR) is 53.2 cm³/mol. The van der Waals surface area contributed by atoms with Crippen LogP contribution < -0.4 is 0 Å². The summed E-state index contributed by atoms with van der Waals surface area (Å²) < 4.78 is 5.58. The fourth-order valence-corrected chi connectivity index (χ4v) is 1.35. The van der Waals surface area contributed by atoms with Crippen LogP contribution in [0, 0.1) is 11.3 Å². The highest BCUT2D eigenvalue weighted by Gasteiger charge is 2.12. The van der Waals surface area contributed by atoms with Crippen molar-refractivity contribution in [3.63, 3.8) is 0 Å². The van der Waals surface area contributed by atoms with Crippen LogP contribution in [0.2, 0.25) is 0 Å². The second-order valence-corrected chi connectivity index (χ2v) is 2.86. The molecule has 0 N–H and O–H groups in total. The standard InChI is InChI=1S/C10H20N2O/c1-4-10(12(5-2)6-3)13-9-7-8-11/h10H,4-7,9H2,1-3H3. The predicted octanol–water partition coefficient (Wildman–Crippen LogP) is 1.99. The van der Waals surface area contributed by atoms with Crippen molar-refractivity contribution in [1.29, 1.82) is 5.26 Å². The van der Waals surface area contributed by atoms with Gasteiger partial charge in [-0.2, -0.15) is 5.26 Å². The van der Waals surface area contributed by atoms with Crippen molar-refractivity contribution in [3.8, 4) is 6.07 Å². The molecule has 0 heterocycles. The molecule has 0 fully saturated rings. The van der Waals surface area contributed by atoms with Gasteiger partial charge in [0.15, 0.2) is 0 Å². The first-order valence-electron chi connectivity index (χ1n) is 5.02. The molecule has 0 spiro atoms. The van der Waals surface area contributed by atoms with Crippen molar-refractivity contribution in [2.24, 2.45) is 0 Å². The quantitative estimate of drug-likeness (QED) is 0.448. The molecule has 0 aliphatic rings. The normalized spacial score (nSPS) is 12.8. The van der Waals surface area contributed by atoms with Crippen LogP contribution >= 0.6 is 0 Å². The molecule has 0 saturated heterocycles. The van der Waals surface area contributed by atoms with E-state index in [4.69, 9.17) is 10.00 Å².